The van der Waals surface area contributed by atoms with Crippen LogP contribution in [0.4, 0.5) is 4.79 Å². The number of primary amides is 1. The van der Waals surface area contributed by atoms with E-state index in [4.69, 9.17) is 10.8 Å². The molecule has 1 atom stereocenters. The largest absolute Gasteiger partial charge is 0.369 e. The van der Waals surface area contributed by atoms with E-state index in [1.165, 1.54) is 29.8 Å². The van der Waals surface area contributed by atoms with Crippen LogP contribution < -0.4 is 5.73 Å². The molecule has 2 N–H and O–H groups in total. The van der Waals surface area contributed by atoms with Crippen molar-refractivity contribution in [3.05, 3.63) is 47.3 Å². The van der Waals surface area contributed by atoms with Crippen LogP contribution in [0.2, 0.25) is 0 Å². The molecule has 3 amide bonds. The van der Waals surface area contributed by atoms with Crippen molar-refractivity contribution < 1.29 is 9.59 Å². The number of nitrogens with two attached hydrogens (primary N) is 1. The summed E-state index contributed by atoms with van der Waals surface area (Å²) in [5.74, 6) is 0.512. The van der Waals surface area contributed by atoms with E-state index >= 15 is 0 Å². The van der Waals surface area contributed by atoms with Crippen molar-refractivity contribution in [3.63, 3.8) is 0 Å². The minimum Gasteiger partial charge on any atom is -0.369 e. The van der Waals surface area contributed by atoms with Crippen LogP contribution in [-0.4, -0.2) is 57.7 Å². The Morgan fingerprint density at radius 1 is 1.00 bits per heavy atom. The molecule has 0 spiro atoms. The monoisotopic (exact) mass is 393 g/mol. The molecule has 7 nitrogen and oxygen atoms in total. The molecule has 0 radical (unpaired) electrons. The lowest BCUT2D eigenvalue weighted by Gasteiger charge is -2.41. The van der Waals surface area contributed by atoms with Crippen LogP contribution in [0.5, 0.6) is 0 Å². The van der Waals surface area contributed by atoms with Crippen molar-refractivity contribution in [2.45, 2.75) is 38.0 Å². The quantitative estimate of drug-likeness (QED) is 0.866. The third-order valence-electron chi connectivity index (χ3n) is 6.52. The Morgan fingerprint density at radius 2 is 1.72 bits per heavy atom. The number of aryl methyl sites for hydroxylation is 1. The molecular weight excluding hydrogens is 366 g/mol. The highest BCUT2D eigenvalue weighted by Gasteiger charge is 2.37. The number of benzene rings is 1. The van der Waals surface area contributed by atoms with Gasteiger partial charge in [-0.2, -0.15) is 5.10 Å². The van der Waals surface area contributed by atoms with Crippen LogP contribution in [0.25, 0.3) is 5.69 Å². The summed E-state index contributed by atoms with van der Waals surface area (Å²) in [4.78, 5) is 27.5. The predicted octanol–water partition coefficient (Wildman–Crippen LogP) is 2.38. The second-order valence-corrected chi connectivity index (χ2v) is 8.71. The number of likely N-dealkylation sites (tertiary alicyclic amines) is 2. The van der Waals surface area contributed by atoms with Crippen LogP contribution >= 0.6 is 0 Å². The molecule has 7 heteroatoms. The lowest BCUT2D eigenvalue weighted by Crippen LogP contribution is -2.53. The Morgan fingerprint density at radius 3 is 2.34 bits per heavy atom. The van der Waals surface area contributed by atoms with Gasteiger partial charge in [0.2, 0.25) is 5.91 Å². The van der Waals surface area contributed by atoms with E-state index in [9.17, 15) is 9.59 Å². The Bertz CT molecular complexity index is 941. The highest BCUT2D eigenvalue weighted by atomic mass is 16.2. The molecule has 1 aliphatic carbocycles. The summed E-state index contributed by atoms with van der Waals surface area (Å²) in [7, 11) is 0. The summed E-state index contributed by atoms with van der Waals surface area (Å²) in [5.41, 5.74) is 10.1. The Labute approximate surface area is 170 Å². The van der Waals surface area contributed by atoms with E-state index in [-0.39, 0.29) is 17.9 Å². The average Bonchev–Trinajstić information content (AvgIpc) is 3.26. The lowest BCUT2D eigenvalue weighted by atomic mass is 9.91. The van der Waals surface area contributed by atoms with Crippen molar-refractivity contribution in [1.29, 1.82) is 0 Å². The molecule has 2 aromatic rings. The van der Waals surface area contributed by atoms with E-state index in [1.807, 2.05) is 9.58 Å². The molecule has 3 fully saturated rings. The maximum atomic E-state index is 12.6. The third-order valence-corrected chi connectivity index (χ3v) is 6.52. The second kappa shape index (κ2) is 6.90. The molecule has 5 rings (SSSR count). The minimum absolute atomic E-state index is 0.0291. The molecule has 2 saturated heterocycles. The van der Waals surface area contributed by atoms with E-state index in [1.54, 1.807) is 4.90 Å². The summed E-state index contributed by atoms with van der Waals surface area (Å²) >= 11 is 0. The fraction of sp³-hybridized carbons (Fsp3) is 0.500. The zero-order chi connectivity index (χ0) is 20.1. The van der Waals surface area contributed by atoms with Crippen molar-refractivity contribution in [2.24, 2.45) is 11.7 Å². The molecule has 152 valence electrons. The van der Waals surface area contributed by atoms with Gasteiger partial charge in [0.1, 0.15) is 0 Å². The van der Waals surface area contributed by atoms with Crippen molar-refractivity contribution in [3.8, 4) is 5.69 Å². The number of urea groups is 1. The summed E-state index contributed by atoms with van der Waals surface area (Å²) in [5, 5.41) is 4.77. The molecular formula is C22H27N5O2. The zero-order valence-corrected chi connectivity index (χ0v) is 16.8. The molecule has 1 saturated carbocycles. The highest BCUT2D eigenvalue weighted by Crippen LogP contribution is 2.39. The van der Waals surface area contributed by atoms with Crippen LogP contribution in [0.3, 0.4) is 0 Å². The number of nitrogens with zero attached hydrogens (tertiary/aromatic N) is 4. The zero-order valence-electron chi connectivity index (χ0n) is 16.8. The van der Waals surface area contributed by atoms with Gasteiger partial charge in [-0.15, -0.1) is 0 Å². The fourth-order valence-electron chi connectivity index (χ4n) is 4.44. The number of carbonyl (C=O) groups excluding carboxylic acids is 2. The highest BCUT2D eigenvalue weighted by molar-refractivity contribution is 5.80. The second-order valence-electron chi connectivity index (χ2n) is 8.71. The topological polar surface area (TPSA) is 84.5 Å². The van der Waals surface area contributed by atoms with Crippen LogP contribution in [-0.2, 0) is 4.79 Å². The third kappa shape index (κ3) is 3.39. The Balaban J connectivity index is 1.19. The van der Waals surface area contributed by atoms with Gasteiger partial charge in [-0.25, -0.2) is 9.48 Å². The summed E-state index contributed by atoms with van der Waals surface area (Å²) in [6, 6.07) is 10.8. The number of aromatic nitrogens is 2. The van der Waals surface area contributed by atoms with Crippen LogP contribution in [0, 0.1) is 12.8 Å². The first kappa shape index (κ1) is 18.2. The SMILES string of the molecule is Cc1cc(C2CC2)nn1-c1ccc(C2CN(C(=O)N3CC[C@H](C(N)=O)C3)C2)cc1. The number of rotatable bonds is 4. The molecule has 0 bridgehead atoms. The van der Waals surface area contributed by atoms with Gasteiger partial charge in [-0.3, -0.25) is 4.79 Å². The summed E-state index contributed by atoms with van der Waals surface area (Å²) in [6.07, 6.45) is 3.19. The normalized spacial score (nSPS) is 22.0. The van der Waals surface area contributed by atoms with E-state index in [0.717, 1.165) is 18.8 Å². The van der Waals surface area contributed by atoms with Gasteiger partial charge in [0.25, 0.3) is 0 Å². The molecule has 3 aliphatic rings. The van der Waals surface area contributed by atoms with E-state index < -0.39 is 0 Å². The Hall–Kier alpha value is -2.83. The molecule has 2 aliphatic heterocycles. The van der Waals surface area contributed by atoms with Gasteiger partial charge >= 0.3 is 6.03 Å². The first-order valence-corrected chi connectivity index (χ1v) is 10.5. The fourth-order valence-corrected chi connectivity index (χ4v) is 4.44. The summed E-state index contributed by atoms with van der Waals surface area (Å²) in [6.45, 7) is 4.62. The van der Waals surface area contributed by atoms with Gasteiger partial charge in [0, 0.05) is 43.7 Å². The minimum atomic E-state index is -0.307. The summed E-state index contributed by atoms with van der Waals surface area (Å²) < 4.78 is 2.02. The number of hydrogen-bond acceptors (Lipinski definition) is 3. The van der Waals surface area contributed by atoms with Crippen LogP contribution in [0.15, 0.2) is 30.3 Å². The lowest BCUT2D eigenvalue weighted by molar-refractivity contribution is -0.121. The Kier molecular flexibility index (Phi) is 4.33. The van der Waals surface area contributed by atoms with E-state index in [2.05, 4.69) is 37.3 Å². The molecule has 3 heterocycles. The van der Waals surface area contributed by atoms with Crippen LogP contribution in [0.1, 0.15) is 48.0 Å². The first-order valence-electron chi connectivity index (χ1n) is 10.5. The molecule has 29 heavy (non-hydrogen) atoms. The van der Waals surface area contributed by atoms with Gasteiger partial charge in [-0.1, -0.05) is 12.1 Å². The maximum Gasteiger partial charge on any atom is 0.320 e. The number of hydrogen-bond donors (Lipinski definition) is 1. The van der Waals surface area contributed by atoms with Crippen molar-refractivity contribution >= 4 is 11.9 Å². The maximum absolute atomic E-state index is 12.6. The van der Waals surface area contributed by atoms with E-state index in [0.29, 0.717) is 31.3 Å². The average molecular weight is 393 g/mol. The van der Waals surface area contributed by atoms with Gasteiger partial charge in [0.15, 0.2) is 0 Å². The molecule has 1 aromatic heterocycles. The van der Waals surface area contributed by atoms with Gasteiger partial charge in [-0.05, 0) is 49.9 Å². The van der Waals surface area contributed by atoms with Crippen molar-refractivity contribution in [1.82, 2.24) is 19.6 Å². The van der Waals surface area contributed by atoms with Gasteiger partial charge < -0.3 is 15.5 Å². The standard InChI is InChI=1S/C22H27N5O2/c1-14-10-20(16-2-3-16)24-27(14)19-6-4-15(5-7-19)18-12-26(13-18)22(29)25-9-8-17(11-25)21(23)28/h4-7,10,16-18H,2-3,8-9,11-13H2,1H3,(H2,23,28)/t17-/m0/s1. The molecule has 0 unspecified atom stereocenters. The number of carbonyl (C=O) groups is 2. The van der Waals surface area contributed by atoms with Crippen molar-refractivity contribution in [2.75, 3.05) is 26.2 Å². The van der Waals surface area contributed by atoms with Gasteiger partial charge in [0.05, 0.1) is 17.3 Å². The number of amides is 3. The predicted molar refractivity (Wildman–Crippen MR) is 109 cm³/mol. The first-order chi connectivity index (χ1) is 14.0. The smallest absolute Gasteiger partial charge is 0.320 e. The molecule has 1 aromatic carbocycles.